The van der Waals surface area contributed by atoms with Gasteiger partial charge in [-0.05, 0) is 41.5 Å². The van der Waals surface area contributed by atoms with Gasteiger partial charge in [0.05, 0.1) is 0 Å². The number of carbonyl (C=O) groups excluding carboxylic acids is 2. The highest BCUT2D eigenvalue weighted by Gasteiger charge is 2.38. The van der Waals surface area contributed by atoms with Crippen molar-refractivity contribution in [2.24, 2.45) is 11.7 Å². The zero-order chi connectivity index (χ0) is 14.7. The van der Waals surface area contributed by atoms with Crippen LogP contribution in [0.25, 0.3) is 0 Å². The topological polar surface area (TPSA) is 98.9 Å². The summed E-state index contributed by atoms with van der Waals surface area (Å²) >= 11 is 0. The number of aliphatic hydroxyl groups is 1. The first-order chi connectivity index (χ1) is 7.83. The molecule has 0 fully saturated rings. The average molecular weight is 261 g/mol. The number of hydrogen-bond donors (Lipinski definition) is 2. The van der Waals surface area contributed by atoms with Crippen molar-refractivity contribution in [3.05, 3.63) is 0 Å². The van der Waals surface area contributed by atoms with Gasteiger partial charge in [-0.1, -0.05) is 0 Å². The molecule has 0 spiro atoms. The molecule has 0 saturated carbocycles. The molecule has 0 aliphatic heterocycles. The van der Waals surface area contributed by atoms with Gasteiger partial charge in [0.2, 0.25) is 0 Å². The summed E-state index contributed by atoms with van der Waals surface area (Å²) in [6, 6.07) is 0. The van der Waals surface area contributed by atoms with Crippen molar-refractivity contribution in [1.82, 2.24) is 0 Å². The molecule has 3 N–H and O–H groups in total. The first-order valence-corrected chi connectivity index (χ1v) is 5.73. The minimum Gasteiger partial charge on any atom is -0.459 e. The van der Waals surface area contributed by atoms with E-state index in [1.54, 1.807) is 41.5 Å². The van der Waals surface area contributed by atoms with E-state index in [0.29, 0.717) is 0 Å². The predicted octanol–water partition coefficient (Wildman–Crippen LogP) is 0.563. The number of hydrogen-bond acceptors (Lipinski definition) is 6. The Morgan fingerprint density at radius 3 is 1.39 bits per heavy atom. The molecule has 0 amide bonds. The fraction of sp³-hybridized carbons (Fsp3) is 0.833. The summed E-state index contributed by atoms with van der Waals surface area (Å²) in [5.41, 5.74) is 3.69. The lowest BCUT2D eigenvalue weighted by atomic mass is 10.1. The standard InChI is InChI=1S/C12H23NO5/c1-11(2,3)17-9(15)7(8(13)14)10(16)18-12(4,5)6/h7-8,14H,13H2,1-6H3/t8-/m0/s1. The molecule has 18 heavy (non-hydrogen) atoms. The maximum atomic E-state index is 11.8. The van der Waals surface area contributed by atoms with Gasteiger partial charge < -0.3 is 20.3 Å². The third kappa shape index (κ3) is 6.56. The van der Waals surface area contributed by atoms with Crippen LogP contribution < -0.4 is 5.73 Å². The second kappa shape index (κ2) is 5.67. The lowest BCUT2D eigenvalue weighted by Crippen LogP contribution is -2.46. The summed E-state index contributed by atoms with van der Waals surface area (Å²) in [5.74, 6) is -3.33. The minimum atomic E-state index is -1.66. The van der Waals surface area contributed by atoms with Gasteiger partial charge in [-0.15, -0.1) is 0 Å². The highest BCUT2D eigenvalue weighted by Crippen LogP contribution is 2.17. The Morgan fingerprint density at radius 1 is 0.944 bits per heavy atom. The Morgan fingerprint density at radius 2 is 1.22 bits per heavy atom. The summed E-state index contributed by atoms with van der Waals surface area (Å²) in [5, 5.41) is 9.32. The second-order valence-electron chi connectivity index (χ2n) is 6.04. The zero-order valence-corrected chi connectivity index (χ0v) is 11.8. The first-order valence-electron chi connectivity index (χ1n) is 5.73. The van der Waals surface area contributed by atoms with Crippen molar-refractivity contribution in [2.45, 2.75) is 59.0 Å². The molecule has 0 heterocycles. The number of carbonyl (C=O) groups is 2. The van der Waals surface area contributed by atoms with Crippen LogP contribution in [0.4, 0.5) is 0 Å². The van der Waals surface area contributed by atoms with Crippen molar-refractivity contribution in [1.29, 1.82) is 0 Å². The van der Waals surface area contributed by atoms with Crippen LogP contribution in [0, 0.1) is 5.92 Å². The van der Waals surface area contributed by atoms with E-state index >= 15 is 0 Å². The van der Waals surface area contributed by atoms with Crippen LogP contribution >= 0.6 is 0 Å². The largest absolute Gasteiger partial charge is 0.459 e. The fourth-order valence-electron chi connectivity index (χ4n) is 1.11. The molecular formula is C12H23NO5. The maximum Gasteiger partial charge on any atom is 0.324 e. The van der Waals surface area contributed by atoms with Gasteiger partial charge in [0.1, 0.15) is 17.4 Å². The summed E-state index contributed by atoms with van der Waals surface area (Å²) in [6.45, 7) is 9.92. The average Bonchev–Trinajstić information content (AvgIpc) is 1.93. The third-order valence-electron chi connectivity index (χ3n) is 1.66. The van der Waals surface area contributed by atoms with Crippen molar-refractivity contribution in [2.75, 3.05) is 0 Å². The van der Waals surface area contributed by atoms with Crippen LogP contribution in [-0.4, -0.2) is 34.5 Å². The highest BCUT2D eigenvalue weighted by molar-refractivity contribution is 5.95. The fourth-order valence-corrected chi connectivity index (χ4v) is 1.11. The van der Waals surface area contributed by atoms with Gasteiger partial charge in [-0.2, -0.15) is 0 Å². The Hall–Kier alpha value is -1.14. The van der Waals surface area contributed by atoms with Gasteiger partial charge >= 0.3 is 11.9 Å². The molecule has 0 rings (SSSR count). The van der Waals surface area contributed by atoms with Crippen molar-refractivity contribution >= 4 is 11.9 Å². The minimum absolute atomic E-state index is 0.772. The van der Waals surface area contributed by atoms with Gasteiger partial charge in [-0.3, -0.25) is 9.59 Å². The van der Waals surface area contributed by atoms with Gasteiger partial charge in [0.15, 0.2) is 5.92 Å². The van der Waals surface area contributed by atoms with E-state index in [1.165, 1.54) is 0 Å². The molecule has 6 heteroatoms. The van der Waals surface area contributed by atoms with Crippen LogP contribution in [0.5, 0.6) is 0 Å². The Balaban J connectivity index is 4.88. The zero-order valence-electron chi connectivity index (χ0n) is 11.8. The smallest absolute Gasteiger partial charge is 0.324 e. The molecule has 0 aliphatic rings. The SMILES string of the molecule is CC(C)(C)OC(=O)C(C(=O)OC(C)(C)C)[C@@H](N)O. The lowest BCUT2D eigenvalue weighted by molar-refractivity contribution is -0.179. The summed E-state index contributed by atoms with van der Waals surface area (Å²) in [6.07, 6.45) is -1.66. The first kappa shape index (κ1) is 16.9. The molecule has 0 saturated heterocycles. The van der Waals surface area contributed by atoms with Crippen LogP contribution in [-0.2, 0) is 19.1 Å². The van der Waals surface area contributed by atoms with Gasteiger partial charge in [-0.25, -0.2) is 0 Å². The Bertz CT molecular complexity index is 283. The molecule has 0 aromatic heterocycles. The van der Waals surface area contributed by atoms with E-state index in [9.17, 15) is 14.7 Å². The maximum absolute atomic E-state index is 11.8. The summed E-state index contributed by atoms with van der Waals surface area (Å²) in [4.78, 5) is 23.5. The van der Waals surface area contributed by atoms with Crippen LogP contribution in [0.3, 0.4) is 0 Å². The molecule has 0 radical (unpaired) electrons. The molecule has 0 bridgehead atoms. The molecule has 0 aromatic rings. The Labute approximate surface area is 107 Å². The van der Waals surface area contributed by atoms with Gasteiger partial charge in [0, 0.05) is 0 Å². The molecule has 0 unspecified atom stereocenters. The Kier molecular flexibility index (Phi) is 5.31. The van der Waals surface area contributed by atoms with E-state index in [-0.39, 0.29) is 0 Å². The van der Waals surface area contributed by atoms with E-state index < -0.39 is 35.3 Å². The molecule has 106 valence electrons. The second-order valence-corrected chi connectivity index (χ2v) is 6.04. The van der Waals surface area contributed by atoms with E-state index in [4.69, 9.17) is 15.2 Å². The third-order valence-corrected chi connectivity index (χ3v) is 1.66. The molecule has 0 aliphatic carbocycles. The van der Waals surface area contributed by atoms with Crippen LogP contribution in [0.1, 0.15) is 41.5 Å². The van der Waals surface area contributed by atoms with Crippen molar-refractivity contribution in [3.8, 4) is 0 Å². The van der Waals surface area contributed by atoms with Gasteiger partial charge in [0.25, 0.3) is 0 Å². The quantitative estimate of drug-likeness (QED) is 0.437. The molecular weight excluding hydrogens is 238 g/mol. The number of aliphatic hydroxyl groups excluding tert-OH is 1. The highest BCUT2D eigenvalue weighted by atomic mass is 16.6. The number of esters is 2. The molecule has 1 atom stereocenters. The van der Waals surface area contributed by atoms with Crippen LogP contribution in [0.2, 0.25) is 0 Å². The van der Waals surface area contributed by atoms with Crippen molar-refractivity contribution < 1.29 is 24.2 Å². The van der Waals surface area contributed by atoms with Crippen LogP contribution in [0.15, 0.2) is 0 Å². The lowest BCUT2D eigenvalue weighted by Gasteiger charge is -2.27. The monoisotopic (exact) mass is 261 g/mol. The summed E-state index contributed by atoms with van der Waals surface area (Å²) < 4.78 is 10.0. The van der Waals surface area contributed by atoms with Crippen molar-refractivity contribution in [3.63, 3.8) is 0 Å². The number of ether oxygens (including phenoxy) is 2. The normalized spacial score (nSPS) is 14.3. The van der Waals surface area contributed by atoms with E-state index in [1.807, 2.05) is 0 Å². The molecule has 0 aromatic carbocycles. The number of rotatable bonds is 3. The van der Waals surface area contributed by atoms with E-state index in [0.717, 1.165) is 0 Å². The molecule has 6 nitrogen and oxygen atoms in total. The number of nitrogens with two attached hydrogens (primary N) is 1. The van der Waals surface area contributed by atoms with E-state index in [2.05, 4.69) is 0 Å². The summed E-state index contributed by atoms with van der Waals surface area (Å²) in [7, 11) is 0. The predicted molar refractivity (Wildman–Crippen MR) is 65.4 cm³/mol.